The molecule has 0 unspecified atom stereocenters. The zero-order valence-corrected chi connectivity index (χ0v) is 43.1. The topological polar surface area (TPSA) is 301 Å². The molecule has 21 heteroatoms. The van der Waals surface area contributed by atoms with Gasteiger partial charge in [0.2, 0.25) is 17.7 Å². The fourth-order valence-corrected chi connectivity index (χ4v) is 10.7. The average molecular weight is 1060 g/mol. The molecule has 2 saturated carbocycles. The van der Waals surface area contributed by atoms with E-state index in [-0.39, 0.29) is 57.3 Å². The maximum atomic E-state index is 14.1. The lowest BCUT2D eigenvalue weighted by Crippen LogP contribution is -2.55. The van der Waals surface area contributed by atoms with Crippen LogP contribution in [0, 0.1) is 27.4 Å². The van der Waals surface area contributed by atoms with Crippen LogP contribution in [-0.2, 0) is 69.2 Å². The molecule has 0 aliphatic heterocycles. The highest BCUT2D eigenvalue weighted by atomic mass is 16.7. The number of fused-ring (bicyclic) bond motifs is 5. The zero-order chi connectivity index (χ0) is 54.7. The van der Waals surface area contributed by atoms with Crippen LogP contribution in [0.4, 0.5) is 0 Å². The van der Waals surface area contributed by atoms with Crippen molar-refractivity contribution in [2.75, 3.05) is 26.3 Å². The minimum Gasteiger partial charge on any atom is -0.484 e. The molecule has 3 aliphatic rings. The number of benzene rings is 4. The van der Waals surface area contributed by atoms with Gasteiger partial charge in [0.15, 0.2) is 17.7 Å². The van der Waals surface area contributed by atoms with Crippen molar-refractivity contribution < 1.29 is 57.9 Å². The van der Waals surface area contributed by atoms with Gasteiger partial charge >= 0.3 is 11.9 Å². The van der Waals surface area contributed by atoms with Crippen LogP contribution in [-0.4, -0.2) is 102 Å². The first kappa shape index (κ1) is 56.8. The van der Waals surface area contributed by atoms with Gasteiger partial charge in [0, 0.05) is 6.54 Å². The van der Waals surface area contributed by atoms with Crippen molar-refractivity contribution in [2.45, 2.75) is 115 Å². The van der Waals surface area contributed by atoms with Crippen LogP contribution in [0.25, 0.3) is 0 Å². The molecule has 0 spiro atoms. The summed E-state index contributed by atoms with van der Waals surface area (Å²) in [6.45, 7) is 0.467. The first-order chi connectivity index (χ1) is 37.1. The summed E-state index contributed by atoms with van der Waals surface area (Å²) >= 11 is 0. The second kappa shape index (κ2) is 27.8. The third-order valence-electron chi connectivity index (χ3n) is 14.7. The highest BCUT2D eigenvalue weighted by molar-refractivity contribution is 5.95. The quantitative estimate of drug-likeness (QED) is 0.0117. The molecule has 0 saturated heterocycles. The van der Waals surface area contributed by atoms with Crippen molar-refractivity contribution in [3.8, 4) is 5.75 Å². The number of carbonyl (C=O) groups excluding carboxylic acids is 6. The Bertz CT molecular complexity index is 2700. The fourth-order valence-electron chi connectivity index (χ4n) is 10.7. The molecule has 4 aromatic rings. The van der Waals surface area contributed by atoms with Crippen LogP contribution in [0.15, 0.2) is 114 Å². The first-order valence-corrected chi connectivity index (χ1v) is 26.0. The maximum Gasteiger partial charge on any atom is 0.331 e. The van der Waals surface area contributed by atoms with Crippen LogP contribution in [0.5, 0.6) is 5.75 Å². The van der Waals surface area contributed by atoms with Gasteiger partial charge in [0.1, 0.15) is 31.0 Å². The van der Waals surface area contributed by atoms with Gasteiger partial charge in [-0.05, 0) is 114 Å². The molecule has 410 valence electrons. The predicted octanol–water partition coefficient (Wildman–Crippen LogP) is 3.82. The van der Waals surface area contributed by atoms with Gasteiger partial charge in [-0.1, -0.05) is 109 Å². The van der Waals surface area contributed by atoms with E-state index in [1.54, 1.807) is 66.1 Å². The van der Waals surface area contributed by atoms with Crippen LogP contribution in [0.2, 0.25) is 0 Å². The summed E-state index contributed by atoms with van der Waals surface area (Å²) in [5.74, 6) is -3.68. The molecule has 0 bridgehead atoms. The number of ether oxygens (including phenoxy) is 4. The molecule has 0 radical (unpaired) electrons. The summed E-state index contributed by atoms with van der Waals surface area (Å²) in [6, 6.07) is 28.3. The van der Waals surface area contributed by atoms with Gasteiger partial charge in [-0.25, -0.2) is 19.9 Å². The lowest BCUT2D eigenvalue weighted by atomic mass is 9.55. The van der Waals surface area contributed by atoms with E-state index in [0.717, 1.165) is 49.7 Å². The number of aliphatic imine (C=N–C) groups is 1. The number of nitro groups is 1. The Labute approximate surface area is 446 Å². The van der Waals surface area contributed by atoms with Crippen LogP contribution in [0.1, 0.15) is 92.0 Å². The number of nitrogens with one attached hydrogen (secondary N) is 5. The predicted molar refractivity (Wildman–Crippen MR) is 280 cm³/mol. The van der Waals surface area contributed by atoms with E-state index in [1.807, 2.05) is 42.5 Å². The van der Waals surface area contributed by atoms with Gasteiger partial charge in [-0.2, -0.15) is 0 Å². The Hall–Kier alpha value is -7.91. The van der Waals surface area contributed by atoms with E-state index >= 15 is 0 Å². The molecule has 8 N–H and O–H groups in total. The Balaban J connectivity index is 0.986. The number of carbonyl (C=O) groups is 6. The van der Waals surface area contributed by atoms with E-state index < -0.39 is 84.3 Å². The van der Waals surface area contributed by atoms with Crippen molar-refractivity contribution in [1.82, 2.24) is 26.7 Å². The zero-order valence-electron chi connectivity index (χ0n) is 43.1. The lowest BCUT2D eigenvalue weighted by molar-refractivity contribution is -0.525. The summed E-state index contributed by atoms with van der Waals surface area (Å²) in [6.07, 6.45) is 4.81. The summed E-state index contributed by atoms with van der Waals surface area (Å²) in [4.78, 5) is 96.4. The number of nitrogens with two attached hydrogens (primary N) is 1. The van der Waals surface area contributed by atoms with Crippen molar-refractivity contribution in [1.29, 1.82) is 0 Å². The Kier molecular flexibility index (Phi) is 20.5. The maximum absolute atomic E-state index is 14.1. The van der Waals surface area contributed by atoms with Crippen LogP contribution in [0.3, 0.4) is 0 Å². The number of aliphatic hydroxyl groups is 1. The largest absolute Gasteiger partial charge is 0.484 e. The third-order valence-corrected chi connectivity index (χ3v) is 14.7. The number of guanidine groups is 1. The Morgan fingerprint density at radius 3 is 2.10 bits per heavy atom. The number of hydrogen-bond donors (Lipinski definition) is 7. The number of hydrazine groups is 1. The van der Waals surface area contributed by atoms with E-state index in [4.69, 9.17) is 24.7 Å². The normalized spacial score (nSPS) is 20.5. The molecule has 0 heterocycles. The van der Waals surface area contributed by atoms with E-state index in [2.05, 4.69) is 39.2 Å². The monoisotopic (exact) mass is 1060 g/mol. The minimum atomic E-state index is -1.63. The first-order valence-electron chi connectivity index (χ1n) is 26.0. The number of aliphatic hydroxyl groups excluding tert-OH is 1. The summed E-state index contributed by atoms with van der Waals surface area (Å²) in [7, 11) is 0. The molecule has 8 atom stereocenters. The number of hydrogen-bond acceptors (Lipinski definition) is 14. The Morgan fingerprint density at radius 1 is 0.779 bits per heavy atom. The van der Waals surface area contributed by atoms with E-state index in [0.29, 0.717) is 34.6 Å². The summed E-state index contributed by atoms with van der Waals surface area (Å²) in [5.41, 5.74) is 11.8. The number of aryl methyl sites for hydroxylation is 1. The van der Waals surface area contributed by atoms with Gasteiger partial charge in [0.25, 0.3) is 11.9 Å². The van der Waals surface area contributed by atoms with Crippen molar-refractivity contribution >= 4 is 41.5 Å². The molecule has 77 heavy (non-hydrogen) atoms. The standard InChI is InChI=1S/C56H68N8O13/c1-56-26-25-42-41-22-20-40(28-39(41)19-21-43(42)44(56)23-24-48(56)65)75-35-50(67)60-45(18-11-27-58-55(57)63-64(72)73)52(69)59-30-49(66)61-46(29-51(68)76-32-37-14-7-3-8-15-37)53(70)62-47(34-74-31-36-12-5-2-6-13-36)54(71)77-33-38-16-9-4-10-17-38/h2-10,12-17,20,22,28,42-48,65H,11,18-19,21,23-27,29-35H2,1H3,(H,59,69)(H,60,67)(H,61,66)(H,62,70)(H3,57,58,63)/t42-,43-,44+,45+,46+,47+,48+,56+/m1/s1. The number of nitrogens with zero attached hydrogens (tertiary/aromatic N) is 2. The number of esters is 2. The molecule has 4 amide bonds. The van der Waals surface area contributed by atoms with Crippen molar-refractivity contribution in [3.63, 3.8) is 0 Å². The highest BCUT2D eigenvalue weighted by Gasteiger charge is 2.54. The molecule has 3 aliphatic carbocycles. The van der Waals surface area contributed by atoms with Crippen LogP contribution < -0.4 is 37.2 Å². The van der Waals surface area contributed by atoms with E-state index in [9.17, 15) is 44.0 Å². The smallest absolute Gasteiger partial charge is 0.331 e. The van der Waals surface area contributed by atoms with Crippen molar-refractivity contribution in [3.05, 3.63) is 147 Å². The lowest BCUT2D eigenvalue weighted by Gasteiger charge is -2.50. The third kappa shape index (κ3) is 16.5. The second-order valence-corrected chi connectivity index (χ2v) is 19.9. The minimum absolute atomic E-state index is 0.0420. The van der Waals surface area contributed by atoms with Crippen LogP contribution >= 0.6 is 0 Å². The SMILES string of the molecule is C[C@]12CC[C@@H]3c4ccc(OCC(=O)N[C@@H](CCCN=C(N)N[N+](=O)[O-])C(=O)NCC(=O)N[C@@H](CC(=O)OCc5ccccc5)C(=O)N[C@@H](COCc5ccccc5)C(=O)OCc5ccccc5)cc4CC[C@H]3[C@@H]1CC[C@@H]2O. The fraction of sp³-hybridized carbons (Fsp3) is 0.446. The summed E-state index contributed by atoms with van der Waals surface area (Å²) < 4.78 is 22.7. The molecule has 21 nitrogen and oxygen atoms in total. The second-order valence-electron chi connectivity index (χ2n) is 19.9. The molecular weight excluding hydrogens is 993 g/mol. The molecule has 4 aromatic carbocycles. The van der Waals surface area contributed by atoms with Gasteiger partial charge in [-0.3, -0.25) is 24.0 Å². The summed E-state index contributed by atoms with van der Waals surface area (Å²) in [5, 5.41) is 30.9. The number of rotatable bonds is 26. The average Bonchev–Trinajstić information content (AvgIpc) is 3.85. The highest BCUT2D eigenvalue weighted by Crippen LogP contribution is 2.61. The molecule has 7 rings (SSSR count). The van der Waals surface area contributed by atoms with Crippen molar-refractivity contribution in [2.24, 2.45) is 28.0 Å². The number of amides is 4. The molecular formula is C56H68N8O13. The van der Waals surface area contributed by atoms with Gasteiger partial charge in [0.05, 0.1) is 32.3 Å². The van der Waals surface area contributed by atoms with E-state index in [1.165, 1.54) is 5.56 Å². The Morgan fingerprint density at radius 2 is 1.43 bits per heavy atom. The molecule has 2 fully saturated rings. The van der Waals surface area contributed by atoms with Gasteiger partial charge < -0.3 is 51.1 Å². The molecule has 0 aromatic heterocycles. The van der Waals surface area contributed by atoms with Gasteiger partial charge in [-0.15, -0.1) is 0 Å².